The predicted octanol–water partition coefficient (Wildman–Crippen LogP) is 5.40. The van der Waals surface area contributed by atoms with Crippen LogP contribution in [0.25, 0.3) is 0 Å². The minimum absolute atomic E-state index is 0.0779. The van der Waals surface area contributed by atoms with Crippen LogP contribution in [0.3, 0.4) is 0 Å². The predicted molar refractivity (Wildman–Crippen MR) is 88.8 cm³/mol. The molecule has 0 fully saturated rings. The molecule has 0 aliphatic rings. The summed E-state index contributed by atoms with van der Waals surface area (Å²) in [6, 6.07) is 9.38. The number of rotatable bonds is 3. The van der Waals surface area contributed by atoms with Gasteiger partial charge in [-0.15, -0.1) is 0 Å². The van der Waals surface area contributed by atoms with Crippen LogP contribution in [0.1, 0.15) is 0 Å². The molecule has 0 aromatic heterocycles. The first-order valence-corrected chi connectivity index (χ1v) is 9.32. The molecule has 2 aromatic carbocycles. The highest BCUT2D eigenvalue weighted by Gasteiger charge is 2.21. The lowest BCUT2D eigenvalue weighted by Gasteiger charge is -2.11. The van der Waals surface area contributed by atoms with Crippen molar-refractivity contribution in [2.24, 2.45) is 0 Å². The normalized spacial score (nSPS) is 11.4. The van der Waals surface area contributed by atoms with Crippen LogP contribution in [-0.4, -0.2) is 8.42 Å². The largest absolute Gasteiger partial charge is 0.378 e. The van der Waals surface area contributed by atoms with Gasteiger partial charge >= 0.3 is 10.1 Å². The van der Waals surface area contributed by atoms with E-state index < -0.39 is 10.1 Å². The van der Waals surface area contributed by atoms with E-state index in [1.807, 2.05) is 0 Å². The van der Waals surface area contributed by atoms with E-state index in [1.165, 1.54) is 18.2 Å². The Kier molecular flexibility index (Phi) is 5.18. The highest BCUT2D eigenvalue weighted by Crippen LogP contribution is 2.43. The molecule has 0 unspecified atom stereocenters. The Morgan fingerprint density at radius 3 is 2.20 bits per heavy atom. The van der Waals surface area contributed by atoms with Gasteiger partial charge in [0.05, 0.1) is 14.0 Å². The Balaban J connectivity index is 2.46. The van der Waals surface area contributed by atoms with Crippen molar-refractivity contribution >= 4 is 69.5 Å². The molecule has 20 heavy (non-hydrogen) atoms. The zero-order valence-corrected chi connectivity index (χ0v) is 15.9. The van der Waals surface area contributed by atoms with Crippen LogP contribution >= 0.6 is 59.4 Å². The van der Waals surface area contributed by atoms with Gasteiger partial charge in [-0.3, -0.25) is 0 Å². The van der Waals surface area contributed by atoms with Gasteiger partial charge in [0, 0.05) is 4.47 Å². The van der Waals surface area contributed by atoms with Gasteiger partial charge in [0.2, 0.25) is 0 Å². The summed E-state index contributed by atoms with van der Waals surface area (Å²) >= 11 is 15.8. The van der Waals surface area contributed by atoms with E-state index in [0.29, 0.717) is 18.4 Å². The summed E-state index contributed by atoms with van der Waals surface area (Å²) in [6.07, 6.45) is 0. The van der Waals surface area contributed by atoms with E-state index in [4.69, 9.17) is 15.8 Å². The minimum atomic E-state index is -3.90. The lowest BCUT2D eigenvalue weighted by Crippen LogP contribution is -2.10. The van der Waals surface area contributed by atoms with Crippen molar-refractivity contribution in [3.05, 3.63) is 54.8 Å². The molecule has 0 bridgehead atoms. The van der Waals surface area contributed by atoms with E-state index in [1.54, 1.807) is 18.2 Å². The second-order valence-corrected chi connectivity index (χ2v) is 8.01. The third-order valence-electron chi connectivity index (χ3n) is 2.30. The van der Waals surface area contributed by atoms with Crippen LogP contribution in [0.5, 0.6) is 5.75 Å². The van der Waals surface area contributed by atoms with Gasteiger partial charge in [-0.25, -0.2) is 0 Å². The molecule has 2 aromatic rings. The van der Waals surface area contributed by atoms with Gasteiger partial charge in [-0.2, -0.15) is 8.42 Å². The number of hydrogen-bond donors (Lipinski definition) is 0. The molecule has 0 atom stereocenters. The fraction of sp³-hybridized carbons (Fsp3) is 0. The van der Waals surface area contributed by atoms with Gasteiger partial charge in [0.25, 0.3) is 0 Å². The molecule has 0 aliphatic heterocycles. The molecule has 0 radical (unpaired) electrons. The highest BCUT2D eigenvalue weighted by atomic mass is 79.9. The third kappa shape index (κ3) is 3.39. The summed E-state index contributed by atoms with van der Waals surface area (Å²) in [5.74, 6) is 0.136. The van der Waals surface area contributed by atoms with Crippen molar-refractivity contribution in [2.45, 2.75) is 4.90 Å². The maximum absolute atomic E-state index is 12.2. The van der Waals surface area contributed by atoms with Gasteiger partial charge in [-0.05, 0) is 66.0 Å². The fourth-order valence-electron chi connectivity index (χ4n) is 1.37. The summed E-state index contributed by atoms with van der Waals surface area (Å²) in [6.45, 7) is 0. The van der Waals surface area contributed by atoms with Crippen molar-refractivity contribution in [1.82, 2.24) is 0 Å². The van der Waals surface area contributed by atoms with Crippen LogP contribution < -0.4 is 4.18 Å². The lowest BCUT2D eigenvalue weighted by molar-refractivity contribution is 0.484. The van der Waals surface area contributed by atoms with Crippen LogP contribution in [-0.2, 0) is 10.1 Å². The van der Waals surface area contributed by atoms with Crippen LogP contribution in [0.15, 0.2) is 54.7 Å². The maximum atomic E-state index is 12.2. The first-order chi connectivity index (χ1) is 9.33. The maximum Gasteiger partial charge on any atom is 0.339 e. The molecule has 106 valence electrons. The molecule has 0 N–H and O–H groups in total. The Labute approximate surface area is 146 Å². The molecule has 2 rings (SSSR count). The molecule has 0 amide bonds. The Hall–Kier alpha value is -0.0800. The average Bonchev–Trinajstić information content (AvgIpc) is 2.43. The Bertz CT molecular complexity index is 748. The van der Waals surface area contributed by atoms with Crippen LogP contribution in [0.2, 0.25) is 5.02 Å². The molecule has 0 aliphatic carbocycles. The first-order valence-electron chi connectivity index (χ1n) is 5.15. The topological polar surface area (TPSA) is 43.4 Å². The minimum Gasteiger partial charge on any atom is -0.378 e. The third-order valence-corrected chi connectivity index (χ3v) is 7.14. The number of halogens is 4. The van der Waals surface area contributed by atoms with Gasteiger partial charge in [0.15, 0.2) is 5.75 Å². The lowest BCUT2D eigenvalue weighted by atomic mass is 10.3. The van der Waals surface area contributed by atoms with Crippen molar-refractivity contribution in [1.29, 1.82) is 0 Å². The second-order valence-electron chi connectivity index (χ2n) is 3.65. The van der Waals surface area contributed by atoms with E-state index in [2.05, 4.69) is 47.8 Å². The Morgan fingerprint density at radius 2 is 1.60 bits per heavy atom. The van der Waals surface area contributed by atoms with Gasteiger partial charge in [0.1, 0.15) is 4.90 Å². The average molecular weight is 505 g/mol. The molecule has 0 saturated carbocycles. The summed E-state index contributed by atoms with van der Waals surface area (Å²) in [5.41, 5.74) is 0. The van der Waals surface area contributed by atoms with Crippen molar-refractivity contribution in [2.75, 3.05) is 0 Å². The first kappa shape index (κ1) is 16.3. The molecule has 8 heteroatoms. The molecule has 0 saturated heterocycles. The standard InChI is InChI=1S/C12H6Br3ClO3S/c13-8-6-9(10(14)11(15)12(8)16)19-20(17,18)7-4-2-1-3-5-7/h1-6H. The van der Waals surface area contributed by atoms with Gasteiger partial charge in [-0.1, -0.05) is 29.8 Å². The smallest absolute Gasteiger partial charge is 0.339 e. The van der Waals surface area contributed by atoms with Gasteiger partial charge < -0.3 is 4.18 Å². The quantitative estimate of drug-likeness (QED) is 0.319. The molecule has 3 nitrogen and oxygen atoms in total. The van der Waals surface area contributed by atoms with E-state index in [-0.39, 0.29) is 10.6 Å². The fourth-order valence-corrected chi connectivity index (χ4v) is 4.16. The number of hydrogen-bond acceptors (Lipinski definition) is 3. The summed E-state index contributed by atoms with van der Waals surface area (Å²) in [4.78, 5) is 0.0779. The summed E-state index contributed by atoms with van der Waals surface area (Å²) in [5, 5.41) is 0.418. The van der Waals surface area contributed by atoms with Crippen LogP contribution in [0, 0.1) is 0 Å². The van der Waals surface area contributed by atoms with Crippen molar-refractivity contribution in [3.8, 4) is 5.75 Å². The van der Waals surface area contributed by atoms with E-state index >= 15 is 0 Å². The van der Waals surface area contributed by atoms with E-state index in [0.717, 1.165) is 0 Å². The zero-order chi connectivity index (χ0) is 14.9. The summed E-state index contributed by atoms with van der Waals surface area (Å²) in [7, 11) is -3.90. The molecular formula is C12H6Br3ClO3S. The van der Waals surface area contributed by atoms with Crippen LogP contribution in [0.4, 0.5) is 0 Å². The molecule has 0 heterocycles. The number of benzene rings is 2. The zero-order valence-electron chi connectivity index (χ0n) is 9.61. The monoisotopic (exact) mass is 502 g/mol. The van der Waals surface area contributed by atoms with Crippen molar-refractivity contribution < 1.29 is 12.6 Å². The second kappa shape index (κ2) is 6.36. The molecular weight excluding hydrogens is 499 g/mol. The van der Waals surface area contributed by atoms with E-state index in [9.17, 15) is 8.42 Å². The van der Waals surface area contributed by atoms with Crippen molar-refractivity contribution in [3.63, 3.8) is 0 Å². The Morgan fingerprint density at radius 1 is 1.00 bits per heavy atom. The summed E-state index contributed by atoms with van der Waals surface area (Å²) < 4.78 is 30.9. The SMILES string of the molecule is O=S(=O)(Oc1cc(Br)c(Cl)c(Br)c1Br)c1ccccc1. The molecule has 0 spiro atoms. The highest BCUT2D eigenvalue weighted by molar-refractivity contribution is 9.13.